The number of hydrogen-bond acceptors (Lipinski definition) is 3. The highest BCUT2D eigenvalue weighted by atomic mass is 32.2. The molecule has 1 saturated carbocycles. The van der Waals surface area contributed by atoms with Gasteiger partial charge in [0.2, 0.25) is 0 Å². The number of nitrogens with two attached hydrogens (primary N) is 1. The minimum absolute atomic E-state index is 0.0818. The third-order valence-electron chi connectivity index (χ3n) is 3.13. The van der Waals surface area contributed by atoms with Gasteiger partial charge in [-0.05, 0) is 42.5 Å². The molecule has 0 aliphatic heterocycles. The van der Waals surface area contributed by atoms with Crippen molar-refractivity contribution >= 4 is 9.84 Å². The molecular weight excluding hydrogens is 267 g/mol. The summed E-state index contributed by atoms with van der Waals surface area (Å²) in [4.78, 5) is -0.699. The highest BCUT2D eigenvalue weighted by Gasteiger charge is 2.47. The van der Waals surface area contributed by atoms with E-state index < -0.39 is 20.2 Å². The summed E-state index contributed by atoms with van der Waals surface area (Å²) in [6.45, 7) is 0.459. The molecule has 1 aromatic rings. The Hall–Kier alpha value is -1.08. The number of alkyl halides is 3. The van der Waals surface area contributed by atoms with Gasteiger partial charge in [-0.3, -0.25) is 0 Å². The summed E-state index contributed by atoms with van der Waals surface area (Å²) in [5.41, 5.74) is 0.802. The molecule has 18 heavy (non-hydrogen) atoms. The Labute approximate surface area is 103 Å². The van der Waals surface area contributed by atoms with Gasteiger partial charge in [-0.15, -0.1) is 0 Å². The normalized spacial score (nSPS) is 24.0. The molecule has 0 aromatic heterocycles. The van der Waals surface area contributed by atoms with E-state index in [1.54, 1.807) is 6.07 Å². The first kappa shape index (κ1) is 13.4. The second kappa shape index (κ2) is 4.24. The zero-order valence-electron chi connectivity index (χ0n) is 9.31. The molecule has 2 rings (SSSR count). The summed E-state index contributed by atoms with van der Waals surface area (Å²) in [6, 6.07) is 5.03. The SMILES string of the molecule is NC[C@@H]1C[C@H]1c1cccc(S(=O)(=O)C(F)(F)F)c1. The van der Waals surface area contributed by atoms with Gasteiger partial charge in [-0.2, -0.15) is 13.2 Å². The minimum atomic E-state index is -5.26. The Morgan fingerprint density at radius 1 is 1.33 bits per heavy atom. The van der Waals surface area contributed by atoms with Gasteiger partial charge in [-0.1, -0.05) is 12.1 Å². The van der Waals surface area contributed by atoms with Crippen LogP contribution in [0, 0.1) is 5.92 Å². The van der Waals surface area contributed by atoms with Gasteiger partial charge in [0.05, 0.1) is 4.90 Å². The summed E-state index contributed by atoms with van der Waals surface area (Å²) < 4.78 is 59.7. The first-order valence-electron chi connectivity index (χ1n) is 5.38. The summed E-state index contributed by atoms with van der Waals surface area (Å²) in [5.74, 6) is 0.326. The molecule has 2 atom stereocenters. The summed E-state index contributed by atoms with van der Waals surface area (Å²) in [5, 5.41) is 0. The van der Waals surface area contributed by atoms with E-state index in [1.165, 1.54) is 6.07 Å². The van der Waals surface area contributed by atoms with E-state index in [4.69, 9.17) is 5.73 Å². The Morgan fingerprint density at radius 3 is 2.50 bits per heavy atom. The number of rotatable bonds is 3. The van der Waals surface area contributed by atoms with Crippen molar-refractivity contribution < 1.29 is 21.6 Å². The molecule has 0 unspecified atom stereocenters. The van der Waals surface area contributed by atoms with E-state index in [1.807, 2.05) is 0 Å². The van der Waals surface area contributed by atoms with Crippen molar-refractivity contribution in [2.75, 3.05) is 6.54 Å². The second-order valence-electron chi connectivity index (χ2n) is 4.36. The van der Waals surface area contributed by atoms with Crippen molar-refractivity contribution in [3.8, 4) is 0 Å². The molecule has 0 saturated heterocycles. The molecule has 7 heteroatoms. The molecular formula is C11H12F3NO2S. The van der Waals surface area contributed by atoms with Crippen molar-refractivity contribution in [2.24, 2.45) is 11.7 Å². The minimum Gasteiger partial charge on any atom is -0.330 e. The average molecular weight is 279 g/mol. The van der Waals surface area contributed by atoms with Crippen molar-refractivity contribution in [3.05, 3.63) is 29.8 Å². The van der Waals surface area contributed by atoms with Crippen LogP contribution in [0.5, 0.6) is 0 Å². The van der Waals surface area contributed by atoms with Crippen molar-refractivity contribution in [1.29, 1.82) is 0 Å². The molecule has 1 fully saturated rings. The molecule has 3 nitrogen and oxygen atoms in total. The molecule has 100 valence electrons. The molecule has 0 spiro atoms. The molecule has 1 aliphatic carbocycles. The number of hydrogen-bond donors (Lipinski definition) is 1. The Bertz CT molecular complexity index is 554. The maximum absolute atomic E-state index is 12.4. The van der Waals surface area contributed by atoms with Gasteiger partial charge in [0.25, 0.3) is 9.84 Å². The van der Waals surface area contributed by atoms with Crippen molar-refractivity contribution in [2.45, 2.75) is 22.7 Å². The zero-order valence-corrected chi connectivity index (χ0v) is 10.1. The van der Waals surface area contributed by atoms with Crippen molar-refractivity contribution in [3.63, 3.8) is 0 Å². The topological polar surface area (TPSA) is 60.2 Å². The van der Waals surface area contributed by atoms with E-state index in [0.717, 1.165) is 18.6 Å². The maximum Gasteiger partial charge on any atom is 0.501 e. The number of benzene rings is 1. The highest BCUT2D eigenvalue weighted by molar-refractivity contribution is 7.92. The lowest BCUT2D eigenvalue weighted by Crippen LogP contribution is -2.23. The van der Waals surface area contributed by atoms with Gasteiger partial charge >= 0.3 is 5.51 Å². The summed E-state index contributed by atoms with van der Waals surface area (Å²) in [6.07, 6.45) is 0.798. The van der Waals surface area contributed by atoms with Crippen LogP contribution in [0.15, 0.2) is 29.2 Å². The number of sulfone groups is 1. The van der Waals surface area contributed by atoms with E-state index in [2.05, 4.69) is 0 Å². The molecule has 0 amide bonds. The van der Waals surface area contributed by atoms with Gasteiger partial charge in [0.1, 0.15) is 0 Å². The third kappa shape index (κ3) is 2.24. The molecule has 0 heterocycles. The molecule has 1 aromatic carbocycles. The van der Waals surface area contributed by atoms with E-state index in [9.17, 15) is 21.6 Å². The van der Waals surface area contributed by atoms with Gasteiger partial charge in [0, 0.05) is 0 Å². The van der Waals surface area contributed by atoms with Crippen LogP contribution in [0.3, 0.4) is 0 Å². The first-order chi connectivity index (χ1) is 8.27. The van der Waals surface area contributed by atoms with Crippen LogP contribution in [-0.4, -0.2) is 20.5 Å². The lowest BCUT2D eigenvalue weighted by molar-refractivity contribution is -0.0436. The Balaban J connectivity index is 2.35. The standard InChI is InChI=1S/C11H12F3NO2S/c12-11(13,14)18(16,17)9-3-1-2-7(4-9)10-5-8(10)6-15/h1-4,8,10H,5-6,15H2/t8-,10-/m0/s1. The van der Waals surface area contributed by atoms with Crippen molar-refractivity contribution in [1.82, 2.24) is 0 Å². The smallest absolute Gasteiger partial charge is 0.330 e. The van der Waals surface area contributed by atoms with Crippen LogP contribution in [0.2, 0.25) is 0 Å². The fraction of sp³-hybridized carbons (Fsp3) is 0.455. The maximum atomic E-state index is 12.4. The van der Waals surface area contributed by atoms with E-state index in [0.29, 0.717) is 12.1 Å². The van der Waals surface area contributed by atoms with E-state index in [-0.39, 0.29) is 11.8 Å². The van der Waals surface area contributed by atoms with Gasteiger partial charge in [-0.25, -0.2) is 8.42 Å². The van der Waals surface area contributed by atoms with Crippen LogP contribution in [-0.2, 0) is 9.84 Å². The largest absolute Gasteiger partial charge is 0.501 e. The van der Waals surface area contributed by atoms with Crippen LogP contribution in [0.1, 0.15) is 17.9 Å². The lowest BCUT2D eigenvalue weighted by Gasteiger charge is -2.09. The molecule has 0 bridgehead atoms. The predicted octanol–water partition coefficient (Wildman–Crippen LogP) is 2.04. The fourth-order valence-corrected chi connectivity index (χ4v) is 2.78. The van der Waals surface area contributed by atoms with E-state index >= 15 is 0 Å². The fourth-order valence-electron chi connectivity index (χ4n) is 1.96. The molecule has 1 aliphatic rings. The van der Waals surface area contributed by atoms with Crippen LogP contribution in [0.4, 0.5) is 13.2 Å². The zero-order chi connectivity index (χ0) is 13.6. The van der Waals surface area contributed by atoms with Crippen LogP contribution in [0.25, 0.3) is 0 Å². The predicted molar refractivity (Wildman–Crippen MR) is 59.6 cm³/mol. The lowest BCUT2D eigenvalue weighted by atomic mass is 10.1. The van der Waals surface area contributed by atoms with Gasteiger partial charge < -0.3 is 5.73 Å². The second-order valence-corrected chi connectivity index (χ2v) is 6.30. The average Bonchev–Trinajstić information content (AvgIpc) is 3.07. The Morgan fingerprint density at radius 2 is 2.00 bits per heavy atom. The van der Waals surface area contributed by atoms with Crippen LogP contribution < -0.4 is 5.73 Å². The third-order valence-corrected chi connectivity index (χ3v) is 4.61. The summed E-state index contributed by atoms with van der Waals surface area (Å²) >= 11 is 0. The summed E-state index contributed by atoms with van der Waals surface area (Å²) in [7, 11) is -5.26. The number of halogens is 3. The van der Waals surface area contributed by atoms with Gasteiger partial charge in [0.15, 0.2) is 0 Å². The molecule has 2 N–H and O–H groups in total. The quantitative estimate of drug-likeness (QED) is 0.921. The monoisotopic (exact) mass is 279 g/mol. The Kier molecular flexibility index (Phi) is 3.14. The van der Waals surface area contributed by atoms with Crippen LogP contribution >= 0.6 is 0 Å². The highest BCUT2D eigenvalue weighted by Crippen LogP contribution is 2.47. The molecule has 0 radical (unpaired) electrons. The first-order valence-corrected chi connectivity index (χ1v) is 6.87.